The third-order valence-electron chi connectivity index (χ3n) is 3.62. The van der Waals surface area contributed by atoms with Gasteiger partial charge in [-0.25, -0.2) is 0 Å². The molecule has 0 atom stereocenters. The quantitative estimate of drug-likeness (QED) is 0.815. The summed E-state index contributed by atoms with van der Waals surface area (Å²) in [6.07, 6.45) is 2.64. The van der Waals surface area contributed by atoms with E-state index in [0.717, 1.165) is 31.5 Å². The van der Waals surface area contributed by atoms with Crippen LogP contribution in [0.2, 0.25) is 0 Å². The van der Waals surface area contributed by atoms with Crippen molar-refractivity contribution in [2.24, 2.45) is 0 Å². The van der Waals surface area contributed by atoms with Crippen molar-refractivity contribution in [3.8, 4) is 0 Å². The van der Waals surface area contributed by atoms with Crippen LogP contribution in [0.1, 0.15) is 18.4 Å². The van der Waals surface area contributed by atoms with Gasteiger partial charge < -0.3 is 9.84 Å². The summed E-state index contributed by atoms with van der Waals surface area (Å²) in [6.45, 7) is 2.82. The number of hydrogen-bond acceptors (Lipinski definition) is 4. The number of ether oxygens (including phenoxy) is 1. The number of hydrogen-bond donors (Lipinski definition) is 1. The summed E-state index contributed by atoms with van der Waals surface area (Å²) >= 11 is 0. The summed E-state index contributed by atoms with van der Waals surface area (Å²) in [6, 6.07) is 9.88. The third kappa shape index (κ3) is 5.04. The molecule has 1 aliphatic rings. The molecular formula is C16H23NO3. The van der Waals surface area contributed by atoms with E-state index in [0.29, 0.717) is 19.6 Å². The average Bonchev–Trinajstić information content (AvgIpc) is 2.47. The normalized spacial score (nSPS) is 17.2. The predicted octanol–water partition coefficient (Wildman–Crippen LogP) is 1.27. The molecule has 1 fully saturated rings. The number of piperidine rings is 1. The molecule has 0 spiro atoms. The summed E-state index contributed by atoms with van der Waals surface area (Å²) in [5.41, 5.74) is 1.08. The number of carbonyl (C=O) groups excluding carboxylic acids is 1. The van der Waals surface area contributed by atoms with Crippen LogP contribution in [0, 0.1) is 0 Å². The molecule has 1 aromatic rings. The molecule has 4 nitrogen and oxygen atoms in total. The molecule has 0 radical (unpaired) electrons. The number of rotatable bonds is 7. The molecule has 0 bridgehead atoms. The maximum Gasteiger partial charge on any atom is 0.151 e. The molecule has 0 aromatic heterocycles. The Labute approximate surface area is 120 Å². The lowest BCUT2D eigenvalue weighted by molar-refractivity contribution is -0.120. The molecule has 0 aliphatic carbocycles. The topological polar surface area (TPSA) is 49.8 Å². The molecule has 2 rings (SSSR count). The number of ketones is 1. The molecule has 1 saturated heterocycles. The number of likely N-dealkylation sites (tertiary alicyclic amines) is 1. The van der Waals surface area contributed by atoms with E-state index in [1.165, 1.54) is 0 Å². The largest absolute Gasteiger partial charge is 0.394 e. The average molecular weight is 277 g/mol. The van der Waals surface area contributed by atoms with Crippen LogP contribution in [0.15, 0.2) is 30.3 Å². The first-order chi connectivity index (χ1) is 9.78. The SMILES string of the molecule is O=C(Cc1ccccc1)CN1CCC(OCCO)CC1. The Bertz CT molecular complexity index is 399. The number of aliphatic hydroxyl groups is 1. The van der Waals surface area contributed by atoms with Crippen LogP contribution in [0.3, 0.4) is 0 Å². The van der Waals surface area contributed by atoms with E-state index in [9.17, 15) is 4.79 Å². The summed E-state index contributed by atoms with van der Waals surface area (Å²) in [7, 11) is 0. The van der Waals surface area contributed by atoms with Gasteiger partial charge in [0.15, 0.2) is 5.78 Å². The Kier molecular flexibility index (Phi) is 6.18. The van der Waals surface area contributed by atoms with Crippen LogP contribution < -0.4 is 0 Å². The second kappa shape index (κ2) is 8.15. The van der Waals surface area contributed by atoms with Crippen LogP contribution in [0.5, 0.6) is 0 Å². The van der Waals surface area contributed by atoms with E-state index < -0.39 is 0 Å². The van der Waals surface area contributed by atoms with Gasteiger partial charge in [-0.05, 0) is 18.4 Å². The summed E-state index contributed by atoms with van der Waals surface area (Å²) in [5, 5.41) is 8.73. The van der Waals surface area contributed by atoms with Gasteiger partial charge in [0.05, 0.1) is 25.9 Å². The van der Waals surface area contributed by atoms with Crippen molar-refractivity contribution in [3.05, 3.63) is 35.9 Å². The second-order valence-electron chi connectivity index (χ2n) is 5.27. The Morgan fingerprint density at radius 3 is 2.60 bits per heavy atom. The fourth-order valence-corrected chi connectivity index (χ4v) is 2.58. The van der Waals surface area contributed by atoms with Crippen LogP contribution in [-0.2, 0) is 16.0 Å². The van der Waals surface area contributed by atoms with Gasteiger partial charge in [-0.15, -0.1) is 0 Å². The molecule has 0 amide bonds. The number of nitrogens with zero attached hydrogens (tertiary/aromatic N) is 1. The lowest BCUT2D eigenvalue weighted by Crippen LogP contribution is -2.40. The molecule has 20 heavy (non-hydrogen) atoms. The van der Waals surface area contributed by atoms with Gasteiger partial charge in [0.2, 0.25) is 0 Å². The zero-order valence-electron chi connectivity index (χ0n) is 11.8. The van der Waals surface area contributed by atoms with Gasteiger partial charge in [-0.2, -0.15) is 0 Å². The standard InChI is InChI=1S/C16H23NO3/c18-10-11-20-16-6-8-17(9-7-16)13-15(19)12-14-4-2-1-3-5-14/h1-5,16,18H,6-13H2. The lowest BCUT2D eigenvalue weighted by Gasteiger charge is -2.31. The maximum absolute atomic E-state index is 12.0. The minimum Gasteiger partial charge on any atom is -0.394 e. The number of benzene rings is 1. The summed E-state index contributed by atoms with van der Waals surface area (Å²) < 4.78 is 5.52. The molecule has 4 heteroatoms. The lowest BCUT2D eigenvalue weighted by atomic mass is 10.1. The molecule has 110 valence electrons. The molecule has 0 unspecified atom stereocenters. The van der Waals surface area contributed by atoms with E-state index in [4.69, 9.17) is 9.84 Å². The first kappa shape index (κ1) is 15.2. The third-order valence-corrected chi connectivity index (χ3v) is 3.62. The maximum atomic E-state index is 12.0. The van der Waals surface area contributed by atoms with Crippen molar-refractivity contribution in [3.63, 3.8) is 0 Å². The fourth-order valence-electron chi connectivity index (χ4n) is 2.58. The smallest absolute Gasteiger partial charge is 0.151 e. The zero-order chi connectivity index (χ0) is 14.2. The Morgan fingerprint density at radius 1 is 1.25 bits per heavy atom. The molecule has 1 N–H and O–H groups in total. The highest BCUT2D eigenvalue weighted by Crippen LogP contribution is 2.13. The molecule has 0 saturated carbocycles. The minimum absolute atomic E-state index is 0.0791. The number of aliphatic hydroxyl groups excluding tert-OH is 1. The van der Waals surface area contributed by atoms with E-state index in [1.54, 1.807) is 0 Å². The summed E-state index contributed by atoms with van der Waals surface area (Å²) in [4.78, 5) is 14.2. The van der Waals surface area contributed by atoms with Crippen LogP contribution in [0.25, 0.3) is 0 Å². The van der Waals surface area contributed by atoms with Crippen molar-refractivity contribution in [2.45, 2.75) is 25.4 Å². The van der Waals surface area contributed by atoms with Crippen LogP contribution in [-0.4, -0.2) is 54.7 Å². The number of carbonyl (C=O) groups is 1. The molecular weight excluding hydrogens is 254 g/mol. The Balaban J connectivity index is 1.68. The van der Waals surface area contributed by atoms with Crippen molar-refractivity contribution < 1.29 is 14.6 Å². The van der Waals surface area contributed by atoms with Crippen molar-refractivity contribution in [1.82, 2.24) is 4.90 Å². The highest BCUT2D eigenvalue weighted by molar-refractivity contribution is 5.82. The Morgan fingerprint density at radius 2 is 1.95 bits per heavy atom. The highest BCUT2D eigenvalue weighted by Gasteiger charge is 2.21. The first-order valence-corrected chi connectivity index (χ1v) is 7.28. The minimum atomic E-state index is 0.0791. The van der Waals surface area contributed by atoms with E-state index in [-0.39, 0.29) is 18.5 Å². The van der Waals surface area contributed by atoms with Gasteiger partial charge >= 0.3 is 0 Å². The van der Waals surface area contributed by atoms with Crippen LogP contribution >= 0.6 is 0 Å². The van der Waals surface area contributed by atoms with Gasteiger partial charge in [-0.3, -0.25) is 9.69 Å². The fraction of sp³-hybridized carbons (Fsp3) is 0.562. The first-order valence-electron chi connectivity index (χ1n) is 7.28. The van der Waals surface area contributed by atoms with Crippen LogP contribution in [0.4, 0.5) is 0 Å². The zero-order valence-corrected chi connectivity index (χ0v) is 11.8. The highest BCUT2D eigenvalue weighted by atomic mass is 16.5. The van der Waals surface area contributed by atoms with E-state index in [2.05, 4.69) is 4.90 Å². The van der Waals surface area contributed by atoms with Crippen molar-refractivity contribution >= 4 is 5.78 Å². The van der Waals surface area contributed by atoms with E-state index in [1.807, 2.05) is 30.3 Å². The van der Waals surface area contributed by atoms with Gasteiger partial charge in [0.1, 0.15) is 0 Å². The number of Topliss-reactive ketones (excluding diaryl/α,β-unsaturated/α-hetero) is 1. The molecule has 1 aromatic carbocycles. The summed E-state index contributed by atoms with van der Waals surface area (Å²) in [5.74, 6) is 0.269. The van der Waals surface area contributed by atoms with Gasteiger partial charge in [0, 0.05) is 19.5 Å². The Hall–Kier alpha value is -1.23. The predicted molar refractivity (Wildman–Crippen MR) is 77.7 cm³/mol. The monoisotopic (exact) mass is 277 g/mol. The van der Waals surface area contributed by atoms with E-state index >= 15 is 0 Å². The van der Waals surface area contributed by atoms with Crippen molar-refractivity contribution in [1.29, 1.82) is 0 Å². The van der Waals surface area contributed by atoms with Crippen molar-refractivity contribution in [2.75, 3.05) is 32.8 Å². The van der Waals surface area contributed by atoms with Gasteiger partial charge in [0.25, 0.3) is 0 Å². The van der Waals surface area contributed by atoms with Gasteiger partial charge in [-0.1, -0.05) is 30.3 Å². The second-order valence-corrected chi connectivity index (χ2v) is 5.27. The molecule has 1 heterocycles. The molecule has 1 aliphatic heterocycles.